The molecule has 0 spiro atoms. The van der Waals surface area contributed by atoms with E-state index in [1.165, 1.54) is 7.11 Å². The Morgan fingerprint density at radius 3 is 2.40 bits per heavy atom. The normalized spacial score (nSPS) is 17.8. The van der Waals surface area contributed by atoms with Crippen molar-refractivity contribution in [3.8, 4) is 11.1 Å². The van der Waals surface area contributed by atoms with Crippen molar-refractivity contribution in [2.75, 3.05) is 20.3 Å². The predicted octanol–water partition coefficient (Wildman–Crippen LogP) is 4.62. The first-order valence-corrected chi connectivity index (χ1v) is 12.1. The van der Waals surface area contributed by atoms with Crippen molar-refractivity contribution in [3.63, 3.8) is 0 Å². The summed E-state index contributed by atoms with van der Waals surface area (Å²) in [5.74, 6) is -0.0644. The van der Waals surface area contributed by atoms with Gasteiger partial charge in [-0.3, -0.25) is 0 Å². The first kappa shape index (κ1) is 26.4. The van der Waals surface area contributed by atoms with Gasteiger partial charge in [0, 0.05) is 13.0 Å². The minimum atomic E-state index is -1.27. The van der Waals surface area contributed by atoms with Crippen molar-refractivity contribution in [2.45, 2.75) is 64.6 Å². The minimum Gasteiger partial charge on any atom is -0.467 e. The van der Waals surface area contributed by atoms with Crippen molar-refractivity contribution in [3.05, 3.63) is 59.7 Å². The molecule has 0 aliphatic carbocycles. The van der Waals surface area contributed by atoms with Gasteiger partial charge in [-0.1, -0.05) is 55.8 Å². The lowest BCUT2D eigenvalue weighted by molar-refractivity contribution is -0.148. The highest BCUT2D eigenvalue weighted by molar-refractivity contribution is 5.97. The summed E-state index contributed by atoms with van der Waals surface area (Å²) in [6.45, 7) is 8.09. The number of amidine groups is 1. The van der Waals surface area contributed by atoms with Gasteiger partial charge in [0.2, 0.25) is 0 Å². The molecule has 35 heavy (non-hydrogen) atoms. The maximum Gasteiger partial charge on any atom is 0.339 e. The second kappa shape index (κ2) is 11.0. The number of ether oxygens (including phenoxy) is 2. The third-order valence-electron chi connectivity index (χ3n) is 5.93. The smallest absolute Gasteiger partial charge is 0.339 e. The molecule has 7 heteroatoms. The number of esters is 2. The predicted molar refractivity (Wildman–Crippen MR) is 136 cm³/mol. The van der Waals surface area contributed by atoms with E-state index in [0.717, 1.165) is 41.8 Å². The van der Waals surface area contributed by atoms with Gasteiger partial charge in [0.25, 0.3) is 0 Å². The van der Waals surface area contributed by atoms with Gasteiger partial charge in [-0.15, -0.1) is 0 Å². The summed E-state index contributed by atoms with van der Waals surface area (Å²) in [5.41, 5.74) is 1.43. The van der Waals surface area contributed by atoms with E-state index < -0.39 is 23.7 Å². The molecule has 0 saturated heterocycles. The molecular formula is C28H36N2O5. The Labute approximate surface area is 207 Å². The molecule has 1 unspecified atom stereocenters. The second-order valence-corrected chi connectivity index (χ2v) is 9.91. The van der Waals surface area contributed by atoms with E-state index in [-0.39, 0.29) is 12.5 Å². The molecule has 0 amide bonds. The quantitative estimate of drug-likeness (QED) is 0.527. The number of carbonyl (C=O) groups excluding carboxylic acids is 2. The van der Waals surface area contributed by atoms with Crippen LogP contribution in [0.1, 0.15) is 62.9 Å². The molecular weight excluding hydrogens is 444 g/mol. The number of aliphatic hydroxyl groups excluding tert-OH is 1. The van der Waals surface area contributed by atoms with E-state index in [1.807, 2.05) is 68.1 Å². The summed E-state index contributed by atoms with van der Waals surface area (Å²) in [7, 11) is 1.32. The highest BCUT2D eigenvalue weighted by Gasteiger charge is 2.46. The highest BCUT2D eigenvalue weighted by atomic mass is 16.6. The molecule has 1 atom stereocenters. The molecule has 0 fully saturated rings. The maximum absolute atomic E-state index is 12.7. The van der Waals surface area contributed by atoms with Gasteiger partial charge in [0.15, 0.2) is 5.54 Å². The average molecular weight is 481 g/mol. The van der Waals surface area contributed by atoms with Crippen molar-refractivity contribution < 1.29 is 24.2 Å². The van der Waals surface area contributed by atoms with Gasteiger partial charge in [-0.25, -0.2) is 14.6 Å². The van der Waals surface area contributed by atoms with E-state index in [9.17, 15) is 14.7 Å². The van der Waals surface area contributed by atoms with Crippen LogP contribution >= 0.6 is 0 Å². The van der Waals surface area contributed by atoms with Crippen LogP contribution in [0.2, 0.25) is 0 Å². The first-order chi connectivity index (χ1) is 16.6. The number of benzene rings is 2. The van der Waals surface area contributed by atoms with Crippen LogP contribution < -0.4 is 0 Å². The Balaban J connectivity index is 1.82. The number of nitrogens with zero attached hydrogens (tertiary/aromatic N) is 2. The van der Waals surface area contributed by atoms with Crippen molar-refractivity contribution in [1.29, 1.82) is 0 Å². The van der Waals surface area contributed by atoms with E-state index in [1.54, 1.807) is 6.07 Å². The SMILES string of the molecule is CCCCC1=NC(CO)(C(=O)OC)CN1Cc1ccc(-c2ccccc2C(=O)OC(C)(C)C)cc1. The Morgan fingerprint density at radius 1 is 1.11 bits per heavy atom. The number of hydrogen-bond acceptors (Lipinski definition) is 7. The van der Waals surface area contributed by atoms with Crippen LogP contribution in [-0.2, 0) is 20.8 Å². The van der Waals surface area contributed by atoms with Crippen molar-refractivity contribution in [2.24, 2.45) is 4.99 Å². The largest absolute Gasteiger partial charge is 0.467 e. The van der Waals surface area contributed by atoms with E-state index in [4.69, 9.17) is 9.47 Å². The number of aliphatic imine (C=N–C) groups is 1. The molecule has 1 N–H and O–H groups in total. The highest BCUT2D eigenvalue weighted by Crippen LogP contribution is 2.29. The first-order valence-electron chi connectivity index (χ1n) is 12.1. The van der Waals surface area contributed by atoms with E-state index >= 15 is 0 Å². The van der Waals surface area contributed by atoms with Gasteiger partial charge in [-0.05, 0) is 49.9 Å². The van der Waals surface area contributed by atoms with Crippen LogP contribution in [-0.4, -0.2) is 59.2 Å². The minimum absolute atomic E-state index is 0.276. The Morgan fingerprint density at radius 2 is 1.80 bits per heavy atom. The molecule has 1 aliphatic rings. The summed E-state index contributed by atoms with van der Waals surface area (Å²) < 4.78 is 10.5. The molecule has 0 aromatic heterocycles. The lowest BCUT2D eigenvalue weighted by Crippen LogP contribution is -2.46. The van der Waals surface area contributed by atoms with Gasteiger partial charge in [0.1, 0.15) is 11.4 Å². The zero-order chi connectivity index (χ0) is 25.6. The fraction of sp³-hybridized carbons (Fsp3) is 0.464. The summed E-state index contributed by atoms with van der Waals surface area (Å²) in [6, 6.07) is 15.4. The number of unbranched alkanes of at least 4 members (excludes halogenated alkanes) is 1. The summed E-state index contributed by atoms with van der Waals surface area (Å²) in [6.07, 6.45) is 2.68. The number of methoxy groups -OCH3 is 1. The van der Waals surface area contributed by atoms with Gasteiger partial charge < -0.3 is 19.5 Å². The van der Waals surface area contributed by atoms with Crippen LogP contribution in [0.3, 0.4) is 0 Å². The number of rotatable bonds is 9. The van der Waals surface area contributed by atoms with Crippen molar-refractivity contribution in [1.82, 2.24) is 4.90 Å². The third-order valence-corrected chi connectivity index (χ3v) is 5.93. The van der Waals surface area contributed by atoms with Crippen LogP contribution in [0.5, 0.6) is 0 Å². The van der Waals surface area contributed by atoms with Crippen molar-refractivity contribution >= 4 is 17.8 Å². The summed E-state index contributed by atoms with van der Waals surface area (Å²) in [5, 5.41) is 9.98. The maximum atomic E-state index is 12.7. The molecule has 2 aromatic rings. The number of hydrogen-bond donors (Lipinski definition) is 1. The van der Waals surface area contributed by atoms with E-state index in [0.29, 0.717) is 12.1 Å². The van der Waals surface area contributed by atoms with Crippen LogP contribution in [0.25, 0.3) is 11.1 Å². The number of carbonyl (C=O) groups is 2. The molecule has 1 heterocycles. The van der Waals surface area contributed by atoms with Crippen LogP contribution in [0, 0.1) is 0 Å². The third kappa shape index (κ3) is 6.28. The lowest BCUT2D eigenvalue weighted by atomic mass is 9.98. The fourth-order valence-corrected chi connectivity index (χ4v) is 4.16. The average Bonchev–Trinajstić information content (AvgIpc) is 3.20. The van der Waals surface area contributed by atoms with Crippen LogP contribution in [0.4, 0.5) is 0 Å². The molecule has 0 bridgehead atoms. The Kier molecular flexibility index (Phi) is 8.33. The topological polar surface area (TPSA) is 88.4 Å². The van der Waals surface area contributed by atoms with E-state index in [2.05, 4.69) is 11.9 Å². The zero-order valence-electron chi connectivity index (χ0n) is 21.3. The summed E-state index contributed by atoms with van der Waals surface area (Å²) in [4.78, 5) is 31.8. The molecule has 0 saturated carbocycles. The van der Waals surface area contributed by atoms with Gasteiger partial charge in [-0.2, -0.15) is 0 Å². The monoisotopic (exact) mass is 480 g/mol. The molecule has 1 aliphatic heterocycles. The second-order valence-electron chi connectivity index (χ2n) is 9.91. The Bertz CT molecular complexity index is 1070. The molecule has 7 nitrogen and oxygen atoms in total. The zero-order valence-corrected chi connectivity index (χ0v) is 21.3. The standard InChI is InChI=1S/C28H36N2O5/c1-6-7-12-24-29-28(19-31,26(33)34-5)18-30(24)17-20-13-15-21(16-14-20)22-10-8-9-11-23(22)25(32)35-27(2,3)4/h8-11,13-16,31H,6-7,12,17-19H2,1-5H3. The molecule has 188 valence electrons. The lowest BCUT2D eigenvalue weighted by Gasteiger charge is -2.25. The molecule has 2 aromatic carbocycles. The summed E-state index contributed by atoms with van der Waals surface area (Å²) >= 11 is 0. The fourth-order valence-electron chi connectivity index (χ4n) is 4.16. The molecule has 3 rings (SSSR count). The van der Waals surface area contributed by atoms with Crippen LogP contribution in [0.15, 0.2) is 53.5 Å². The van der Waals surface area contributed by atoms with Gasteiger partial charge >= 0.3 is 11.9 Å². The molecule has 0 radical (unpaired) electrons. The Hall–Kier alpha value is -3.19. The number of aliphatic hydroxyl groups is 1. The van der Waals surface area contributed by atoms with Gasteiger partial charge in [0.05, 0.1) is 25.8 Å².